The van der Waals surface area contributed by atoms with E-state index in [2.05, 4.69) is 6.07 Å². The van der Waals surface area contributed by atoms with Crippen LogP contribution in [0.25, 0.3) is 0 Å². The second-order valence-electron chi connectivity index (χ2n) is 3.82. The minimum Gasteiger partial charge on any atom is -0.514 e. The molecular weight excluding hydrogens is 301 g/mol. The first kappa shape index (κ1) is 15.1. The van der Waals surface area contributed by atoms with E-state index in [-0.39, 0.29) is 32.7 Å². The molecule has 0 amide bonds. The Morgan fingerprint density at radius 1 is 1.17 bits per heavy atom. The van der Waals surface area contributed by atoms with E-state index in [9.17, 15) is 4.79 Å². The predicted molar refractivity (Wildman–Crippen MR) is 66.2 cm³/mol. The van der Waals surface area contributed by atoms with Gasteiger partial charge in [0.1, 0.15) is 6.61 Å². The third kappa shape index (κ3) is 4.04. The average molecular weight is 314 g/mol. The Labute approximate surface area is 132 Å². The summed E-state index contributed by atoms with van der Waals surface area (Å²) in [4.78, 5) is 10.8. The molecule has 2 aromatic carbocycles. The smallest absolute Gasteiger partial charge is 0.514 e. The van der Waals surface area contributed by atoms with E-state index in [0.29, 0.717) is 17.9 Å². The van der Waals surface area contributed by atoms with E-state index in [4.69, 9.17) is 4.74 Å². The van der Waals surface area contributed by atoms with E-state index in [1.165, 1.54) is 0 Å². The molecule has 0 aliphatic heterocycles. The molecule has 0 aromatic heterocycles. The van der Waals surface area contributed by atoms with Crippen molar-refractivity contribution in [2.75, 3.05) is 0 Å². The summed E-state index contributed by atoms with van der Waals surface area (Å²) in [5, 5.41) is 0. The number of aldehydes is 1. The molecule has 0 atom stereocenters. The number of hydrogen-bond acceptors (Lipinski definition) is 2. The fourth-order valence-corrected chi connectivity index (χ4v) is 1.53. The van der Waals surface area contributed by atoms with Crippen molar-refractivity contribution in [1.82, 2.24) is 0 Å². The molecule has 0 saturated carbocycles. The summed E-state index contributed by atoms with van der Waals surface area (Å²) in [5.41, 5.74) is 2.56. The Bertz CT molecular complexity index is 509. The van der Waals surface area contributed by atoms with Crippen LogP contribution < -0.4 is 4.74 Å². The molecule has 0 N–H and O–H groups in total. The van der Waals surface area contributed by atoms with Crippen molar-refractivity contribution >= 4 is 6.29 Å². The van der Waals surface area contributed by atoms with Crippen molar-refractivity contribution in [2.24, 2.45) is 0 Å². The van der Waals surface area contributed by atoms with Crippen LogP contribution in [0.5, 0.6) is 5.75 Å². The van der Waals surface area contributed by atoms with Gasteiger partial charge in [0.2, 0.25) is 0 Å². The van der Waals surface area contributed by atoms with Crippen molar-refractivity contribution in [1.29, 1.82) is 0 Å². The van der Waals surface area contributed by atoms with E-state index < -0.39 is 0 Å². The molecule has 2 rings (SSSR count). The van der Waals surface area contributed by atoms with Crippen molar-refractivity contribution < 1.29 is 42.2 Å². The van der Waals surface area contributed by atoms with Gasteiger partial charge in [-0.25, -0.2) is 0 Å². The molecule has 0 unspecified atom stereocenters. The van der Waals surface area contributed by atoms with Crippen LogP contribution in [-0.2, 0) is 39.3 Å². The van der Waals surface area contributed by atoms with E-state index in [1.54, 1.807) is 6.07 Å². The Morgan fingerprint density at radius 2 is 1.89 bits per heavy atom. The van der Waals surface area contributed by atoms with Crippen LogP contribution in [0.15, 0.2) is 42.5 Å². The summed E-state index contributed by atoms with van der Waals surface area (Å²) < 4.78 is 5.61. The second-order valence-corrected chi connectivity index (χ2v) is 3.82. The van der Waals surface area contributed by atoms with Crippen LogP contribution in [0.3, 0.4) is 0 Å². The van der Waals surface area contributed by atoms with Gasteiger partial charge in [-0.05, 0) is 5.56 Å². The number of ether oxygens (including phenoxy) is 1. The first-order valence-corrected chi connectivity index (χ1v) is 5.44. The number of carbonyl (C=O) groups is 1. The van der Waals surface area contributed by atoms with Crippen LogP contribution in [-0.4, -0.2) is 6.29 Å². The number of aryl methyl sites for hydroxylation is 1. The molecule has 0 aliphatic carbocycles. The maximum Gasteiger partial charge on any atom is 3.00 e. The predicted octanol–water partition coefficient (Wildman–Crippen LogP) is 3.18. The van der Waals surface area contributed by atoms with Crippen LogP contribution in [0, 0.1) is 13.0 Å². The standard InChI is InChI=1S/C15H13O2.Y/c1-12-7-8-14(10-16)15(9-12)17-11-13-5-3-2-4-6-13;/h2-8,10H,11H2,1H3;/q-1;+3. The van der Waals surface area contributed by atoms with Gasteiger partial charge in [-0.2, -0.15) is 17.7 Å². The second kappa shape index (κ2) is 7.45. The summed E-state index contributed by atoms with van der Waals surface area (Å²) in [6, 6.07) is 16.5. The molecule has 3 heteroatoms. The molecular formula is C15H13O2Y+2. The van der Waals surface area contributed by atoms with Crippen LogP contribution >= 0.6 is 0 Å². The zero-order valence-electron chi connectivity index (χ0n) is 10.2. The minimum atomic E-state index is 0. The van der Waals surface area contributed by atoms with Crippen LogP contribution in [0.2, 0.25) is 0 Å². The first-order valence-electron chi connectivity index (χ1n) is 5.44. The summed E-state index contributed by atoms with van der Waals surface area (Å²) >= 11 is 0. The Kier molecular flexibility index (Phi) is 6.24. The maximum absolute atomic E-state index is 10.8. The summed E-state index contributed by atoms with van der Waals surface area (Å²) in [6.07, 6.45) is 0.788. The molecule has 0 bridgehead atoms. The van der Waals surface area contributed by atoms with E-state index in [0.717, 1.165) is 17.4 Å². The topological polar surface area (TPSA) is 26.3 Å². The number of carbonyl (C=O) groups excluding carboxylic acids is 1. The number of benzene rings is 2. The largest absolute Gasteiger partial charge is 3.00 e. The van der Waals surface area contributed by atoms with Crippen molar-refractivity contribution in [3.05, 3.63) is 65.2 Å². The summed E-state index contributed by atoms with van der Waals surface area (Å²) in [7, 11) is 0. The first-order chi connectivity index (χ1) is 8.29. The molecule has 0 fully saturated rings. The average Bonchev–Trinajstić information content (AvgIpc) is 2.38. The fraction of sp³-hybridized carbons (Fsp3) is 0.133. The van der Waals surface area contributed by atoms with Crippen molar-refractivity contribution in [3.8, 4) is 5.75 Å². The maximum atomic E-state index is 10.8. The van der Waals surface area contributed by atoms with Crippen molar-refractivity contribution in [2.45, 2.75) is 13.5 Å². The Morgan fingerprint density at radius 3 is 2.56 bits per heavy atom. The van der Waals surface area contributed by atoms with Crippen LogP contribution in [0.1, 0.15) is 21.5 Å². The Balaban J connectivity index is 0.00000162. The normalized spacial score (nSPS) is 9.39. The molecule has 0 radical (unpaired) electrons. The van der Waals surface area contributed by atoms with Gasteiger partial charge in [0.15, 0.2) is 0 Å². The Hall–Kier alpha value is -0.986. The van der Waals surface area contributed by atoms with Gasteiger partial charge in [-0.3, -0.25) is 0 Å². The van der Waals surface area contributed by atoms with Crippen LogP contribution in [0.4, 0.5) is 0 Å². The van der Waals surface area contributed by atoms with Gasteiger partial charge < -0.3 is 9.53 Å². The third-order valence-electron chi connectivity index (χ3n) is 2.44. The zero-order chi connectivity index (χ0) is 12.1. The SMILES string of the molecule is Cc1[c-]c(OCc2ccccc2)c(C=O)cc1.[Y+3]. The number of rotatable bonds is 4. The van der Waals surface area contributed by atoms with Gasteiger partial charge in [0.05, 0.1) is 6.29 Å². The fourth-order valence-electron chi connectivity index (χ4n) is 1.53. The molecule has 2 aromatic rings. The molecule has 2 nitrogen and oxygen atoms in total. The summed E-state index contributed by atoms with van der Waals surface area (Å²) in [5.74, 6) is 0.517. The van der Waals surface area contributed by atoms with Gasteiger partial charge in [-0.15, -0.1) is 6.07 Å². The third-order valence-corrected chi connectivity index (χ3v) is 2.44. The van der Waals surface area contributed by atoms with Gasteiger partial charge in [0, 0.05) is 5.75 Å². The molecule has 86 valence electrons. The quantitative estimate of drug-likeness (QED) is 0.640. The zero-order valence-corrected chi connectivity index (χ0v) is 13.1. The monoisotopic (exact) mass is 314 g/mol. The van der Waals surface area contributed by atoms with Gasteiger partial charge in [-0.1, -0.05) is 42.8 Å². The van der Waals surface area contributed by atoms with Gasteiger partial charge >= 0.3 is 32.7 Å². The van der Waals surface area contributed by atoms with E-state index in [1.807, 2.05) is 43.3 Å². The summed E-state index contributed by atoms with van der Waals surface area (Å²) in [6.45, 7) is 2.37. The molecule has 0 heterocycles. The number of hydrogen-bond donors (Lipinski definition) is 0. The molecule has 0 aliphatic rings. The van der Waals surface area contributed by atoms with Crippen molar-refractivity contribution in [3.63, 3.8) is 0 Å². The molecule has 18 heavy (non-hydrogen) atoms. The minimum absolute atomic E-state index is 0. The van der Waals surface area contributed by atoms with Gasteiger partial charge in [0.25, 0.3) is 0 Å². The molecule has 0 spiro atoms. The molecule has 0 saturated heterocycles. The van der Waals surface area contributed by atoms with E-state index >= 15 is 0 Å².